The molecule has 150 valence electrons. The summed E-state index contributed by atoms with van der Waals surface area (Å²) in [7, 11) is 1.31. The Hall–Kier alpha value is -3.00. The van der Waals surface area contributed by atoms with E-state index in [4.69, 9.17) is 4.74 Å². The Kier molecular flexibility index (Phi) is 4.96. The number of hydrogen-bond donors (Lipinski definition) is 0. The Balaban J connectivity index is 1.85. The van der Waals surface area contributed by atoms with Gasteiger partial charge in [-0.1, -0.05) is 0 Å². The van der Waals surface area contributed by atoms with E-state index in [1.165, 1.54) is 12.0 Å². The molecule has 8 heteroatoms. The number of carbonyl (C=O) groups is 2. The van der Waals surface area contributed by atoms with Crippen molar-refractivity contribution in [3.05, 3.63) is 61.7 Å². The lowest BCUT2D eigenvalue weighted by Crippen LogP contribution is -2.45. The Bertz CT molecular complexity index is 1180. The van der Waals surface area contributed by atoms with E-state index in [1.807, 2.05) is 25.3 Å². The van der Waals surface area contributed by atoms with E-state index >= 15 is 0 Å². The van der Waals surface area contributed by atoms with Gasteiger partial charge in [-0.2, -0.15) is 0 Å². The maximum absolute atomic E-state index is 13.4. The van der Waals surface area contributed by atoms with Crippen molar-refractivity contribution in [1.29, 1.82) is 0 Å². The fourth-order valence-electron chi connectivity index (χ4n) is 3.81. The molecule has 1 aliphatic heterocycles. The molecule has 0 saturated heterocycles. The monoisotopic (exact) mass is 411 g/mol. The average Bonchev–Trinajstić information content (AvgIpc) is 3.21. The SMILES string of the molecule is CCn1cc(C(=O)N2CCc3sccc3C2C(=O)OC)c(=O)c2ccc(C)nc21. The molecule has 0 aliphatic carbocycles. The van der Waals surface area contributed by atoms with Crippen molar-refractivity contribution in [1.82, 2.24) is 14.5 Å². The van der Waals surface area contributed by atoms with Crippen LogP contribution in [-0.4, -0.2) is 40.0 Å². The van der Waals surface area contributed by atoms with Crippen LogP contribution in [0.25, 0.3) is 11.0 Å². The summed E-state index contributed by atoms with van der Waals surface area (Å²) in [6.07, 6.45) is 2.19. The van der Waals surface area contributed by atoms with Gasteiger partial charge in [0.05, 0.1) is 12.5 Å². The smallest absolute Gasteiger partial charge is 0.333 e. The Morgan fingerprint density at radius 2 is 2.10 bits per heavy atom. The van der Waals surface area contributed by atoms with Gasteiger partial charge in [0, 0.05) is 29.9 Å². The molecule has 1 aliphatic rings. The predicted octanol–water partition coefficient (Wildman–Crippen LogP) is 2.70. The molecule has 0 bridgehead atoms. The molecule has 0 fully saturated rings. The number of fused-ring (bicyclic) bond motifs is 2. The quantitative estimate of drug-likeness (QED) is 0.619. The normalized spacial score (nSPS) is 16.0. The molecule has 0 saturated carbocycles. The predicted molar refractivity (Wildman–Crippen MR) is 110 cm³/mol. The van der Waals surface area contributed by atoms with Crippen LogP contribution in [0.15, 0.2) is 34.6 Å². The number of aromatic nitrogens is 2. The first-order valence-corrected chi connectivity index (χ1v) is 10.3. The Morgan fingerprint density at radius 3 is 2.83 bits per heavy atom. The summed E-state index contributed by atoms with van der Waals surface area (Å²) in [6, 6.07) is 4.46. The van der Waals surface area contributed by atoms with Crippen molar-refractivity contribution >= 4 is 34.2 Å². The van der Waals surface area contributed by atoms with Gasteiger partial charge in [0.15, 0.2) is 6.04 Å². The molecular formula is C21H21N3O4S. The van der Waals surface area contributed by atoms with Crippen molar-refractivity contribution in [3.8, 4) is 0 Å². The van der Waals surface area contributed by atoms with Gasteiger partial charge in [0.2, 0.25) is 5.43 Å². The minimum absolute atomic E-state index is 0.0394. The third kappa shape index (κ3) is 3.13. The van der Waals surface area contributed by atoms with Crippen molar-refractivity contribution in [3.63, 3.8) is 0 Å². The summed E-state index contributed by atoms with van der Waals surface area (Å²) in [5, 5.41) is 2.30. The highest BCUT2D eigenvalue weighted by Crippen LogP contribution is 2.34. The number of ether oxygens (including phenoxy) is 1. The van der Waals surface area contributed by atoms with Crippen LogP contribution < -0.4 is 5.43 Å². The number of pyridine rings is 2. The highest BCUT2D eigenvalue weighted by molar-refractivity contribution is 7.10. The van der Waals surface area contributed by atoms with Gasteiger partial charge in [-0.25, -0.2) is 9.78 Å². The van der Waals surface area contributed by atoms with Crippen molar-refractivity contribution < 1.29 is 14.3 Å². The Labute approximate surface area is 171 Å². The number of carbonyl (C=O) groups excluding carboxylic acids is 2. The molecule has 29 heavy (non-hydrogen) atoms. The first-order valence-electron chi connectivity index (χ1n) is 9.42. The highest BCUT2D eigenvalue weighted by Gasteiger charge is 2.38. The van der Waals surface area contributed by atoms with Crippen LogP contribution in [0.5, 0.6) is 0 Å². The second kappa shape index (κ2) is 7.44. The standard InChI is InChI=1S/C21H21N3O4S/c1-4-23-11-15(18(25)14-6-5-12(2)22-19(14)23)20(26)24-9-7-16-13(8-10-29-16)17(24)21(27)28-3/h5-6,8,10-11,17H,4,7,9H2,1-3H3. The van der Waals surface area contributed by atoms with E-state index in [0.29, 0.717) is 30.5 Å². The lowest BCUT2D eigenvalue weighted by molar-refractivity contribution is -0.146. The molecule has 4 heterocycles. The summed E-state index contributed by atoms with van der Waals surface area (Å²) >= 11 is 1.56. The first kappa shape index (κ1) is 19.3. The van der Waals surface area contributed by atoms with Crippen LogP contribution >= 0.6 is 11.3 Å². The maximum Gasteiger partial charge on any atom is 0.333 e. The van der Waals surface area contributed by atoms with Crippen molar-refractivity contribution in [2.75, 3.05) is 13.7 Å². The second-order valence-electron chi connectivity index (χ2n) is 6.96. The molecule has 1 unspecified atom stereocenters. The zero-order valence-corrected chi connectivity index (χ0v) is 17.3. The number of esters is 1. The van der Waals surface area contributed by atoms with E-state index in [1.54, 1.807) is 34.2 Å². The molecule has 0 N–H and O–H groups in total. The molecule has 1 atom stereocenters. The molecule has 4 rings (SSSR count). The van der Waals surface area contributed by atoms with Gasteiger partial charge in [-0.05, 0) is 49.4 Å². The topological polar surface area (TPSA) is 81.5 Å². The molecular weight excluding hydrogens is 390 g/mol. The van der Waals surface area contributed by atoms with Crippen LogP contribution in [0.3, 0.4) is 0 Å². The number of nitrogens with zero attached hydrogens (tertiary/aromatic N) is 3. The minimum Gasteiger partial charge on any atom is -0.467 e. The molecule has 1 amide bonds. The van der Waals surface area contributed by atoms with E-state index in [0.717, 1.165) is 16.1 Å². The molecule has 3 aromatic rings. The summed E-state index contributed by atoms with van der Waals surface area (Å²) in [5.41, 5.74) is 1.79. The minimum atomic E-state index is -0.844. The number of amides is 1. The molecule has 0 aromatic carbocycles. The molecule has 7 nitrogen and oxygen atoms in total. The van der Waals surface area contributed by atoms with E-state index in [2.05, 4.69) is 4.98 Å². The van der Waals surface area contributed by atoms with Gasteiger partial charge in [0.1, 0.15) is 11.2 Å². The van der Waals surface area contributed by atoms with E-state index in [9.17, 15) is 14.4 Å². The van der Waals surface area contributed by atoms with Crippen LogP contribution in [0.4, 0.5) is 0 Å². The van der Waals surface area contributed by atoms with Gasteiger partial charge < -0.3 is 14.2 Å². The first-order chi connectivity index (χ1) is 14.0. The summed E-state index contributed by atoms with van der Waals surface area (Å²) in [4.78, 5) is 46.1. The van der Waals surface area contributed by atoms with Crippen LogP contribution in [0.2, 0.25) is 0 Å². The zero-order chi connectivity index (χ0) is 20.7. The number of thiophene rings is 1. The third-order valence-electron chi connectivity index (χ3n) is 5.28. The van der Waals surface area contributed by atoms with Gasteiger partial charge >= 0.3 is 5.97 Å². The number of hydrogen-bond acceptors (Lipinski definition) is 6. The number of rotatable bonds is 3. The van der Waals surface area contributed by atoms with Gasteiger partial charge in [0.25, 0.3) is 5.91 Å². The van der Waals surface area contributed by atoms with E-state index in [-0.39, 0.29) is 11.0 Å². The maximum atomic E-state index is 13.4. The van der Waals surface area contributed by atoms with Crippen LogP contribution in [-0.2, 0) is 22.5 Å². The molecule has 0 spiro atoms. The zero-order valence-electron chi connectivity index (χ0n) is 16.5. The van der Waals surface area contributed by atoms with Crippen molar-refractivity contribution in [2.45, 2.75) is 32.9 Å². The second-order valence-corrected chi connectivity index (χ2v) is 7.96. The molecule has 3 aromatic heterocycles. The van der Waals surface area contributed by atoms with Crippen LogP contribution in [0.1, 0.15) is 39.5 Å². The lowest BCUT2D eigenvalue weighted by Gasteiger charge is -2.34. The van der Waals surface area contributed by atoms with Gasteiger partial charge in [-0.15, -0.1) is 11.3 Å². The largest absolute Gasteiger partial charge is 0.467 e. The third-order valence-corrected chi connectivity index (χ3v) is 6.28. The van der Waals surface area contributed by atoms with Gasteiger partial charge in [-0.3, -0.25) is 9.59 Å². The van der Waals surface area contributed by atoms with Crippen LogP contribution in [0, 0.1) is 6.92 Å². The fourth-order valence-corrected chi connectivity index (χ4v) is 4.71. The van der Waals surface area contributed by atoms with E-state index < -0.39 is 17.9 Å². The number of aryl methyl sites for hydroxylation is 2. The highest BCUT2D eigenvalue weighted by atomic mass is 32.1. The van der Waals surface area contributed by atoms with Crippen molar-refractivity contribution in [2.24, 2.45) is 0 Å². The summed E-state index contributed by atoms with van der Waals surface area (Å²) < 4.78 is 6.76. The number of methoxy groups -OCH3 is 1. The summed E-state index contributed by atoms with van der Waals surface area (Å²) in [6.45, 7) is 4.69. The average molecular weight is 411 g/mol. The summed E-state index contributed by atoms with van der Waals surface area (Å²) in [5.74, 6) is -0.974. The molecule has 0 radical (unpaired) electrons. The Morgan fingerprint density at radius 1 is 1.31 bits per heavy atom. The fraction of sp³-hybridized carbons (Fsp3) is 0.333. The lowest BCUT2D eigenvalue weighted by atomic mass is 9.98.